The van der Waals surface area contributed by atoms with E-state index in [9.17, 15) is 0 Å². The number of nitrogens with one attached hydrogen (secondary N) is 1. The minimum absolute atomic E-state index is 0.0536. The van der Waals surface area contributed by atoms with Crippen LogP contribution in [-0.2, 0) is 0 Å². The maximum Gasteiger partial charge on any atom is 0.159 e. The standard InChI is InChI=1S/C15H21N5O/c1-3-20(8-9-21)15-13(16)14(17-10-18-15)19-12-6-4-11(2)5-7-12/h4-7,10,21H,3,8-9,16H2,1-2H3,(H,17,18,19). The zero-order chi connectivity index (χ0) is 15.2. The lowest BCUT2D eigenvalue weighted by atomic mass is 10.2. The quantitative estimate of drug-likeness (QED) is 0.752. The highest BCUT2D eigenvalue weighted by molar-refractivity contribution is 5.78. The minimum Gasteiger partial charge on any atom is -0.395 e. The van der Waals surface area contributed by atoms with Crippen molar-refractivity contribution >= 4 is 23.0 Å². The van der Waals surface area contributed by atoms with Gasteiger partial charge in [0.05, 0.1) is 6.61 Å². The van der Waals surface area contributed by atoms with Gasteiger partial charge in [-0.05, 0) is 26.0 Å². The summed E-state index contributed by atoms with van der Waals surface area (Å²) in [7, 11) is 0. The molecule has 2 rings (SSSR count). The van der Waals surface area contributed by atoms with Gasteiger partial charge in [-0.3, -0.25) is 0 Å². The van der Waals surface area contributed by atoms with Crippen molar-refractivity contribution in [3.8, 4) is 0 Å². The van der Waals surface area contributed by atoms with Gasteiger partial charge in [-0.25, -0.2) is 9.97 Å². The molecule has 1 aromatic carbocycles. The molecule has 0 aliphatic rings. The Bertz CT molecular complexity index is 585. The normalized spacial score (nSPS) is 10.4. The number of anilines is 4. The molecule has 0 bridgehead atoms. The molecule has 0 saturated carbocycles. The van der Waals surface area contributed by atoms with Crippen molar-refractivity contribution in [2.45, 2.75) is 13.8 Å². The van der Waals surface area contributed by atoms with E-state index in [0.717, 1.165) is 5.69 Å². The molecule has 0 unspecified atom stereocenters. The predicted molar refractivity (Wildman–Crippen MR) is 85.9 cm³/mol. The van der Waals surface area contributed by atoms with E-state index >= 15 is 0 Å². The lowest BCUT2D eigenvalue weighted by Gasteiger charge is -2.23. The lowest BCUT2D eigenvalue weighted by molar-refractivity contribution is 0.302. The Morgan fingerprint density at radius 2 is 1.95 bits per heavy atom. The van der Waals surface area contributed by atoms with Crippen LogP contribution >= 0.6 is 0 Å². The van der Waals surface area contributed by atoms with Crippen molar-refractivity contribution in [1.82, 2.24) is 9.97 Å². The fourth-order valence-electron chi connectivity index (χ4n) is 2.05. The molecule has 1 aromatic heterocycles. The van der Waals surface area contributed by atoms with Gasteiger partial charge in [-0.15, -0.1) is 0 Å². The highest BCUT2D eigenvalue weighted by atomic mass is 16.3. The Morgan fingerprint density at radius 3 is 2.57 bits per heavy atom. The van der Waals surface area contributed by atoms with Crippen LogP contribution < -0.4 is 16.0 Å². The number of aliphatic hydroxyl groups is 1. The second-order valence-corrected chi connectivity index (χ2v) is 4.75. The van der Waals surface area contributed by atoms with Crippen LogP contribution in [0.25, 0.3) is 0 Å². The summed E-state index contributed by atoms with van der Waals surface area (Å²) in [6, 6.07) is 7.99. The number of aromatic nitrogens is 2. The molecular formula is C15H21N5O. The molecule has 1 heterocycles. The highest BCUT2D eigenvalue weighted by Crippen LogP contribution is 2.28. The number of aliphatic hydroxyl groups excluding tert-OH is 1. The SMILES string of the molecule is CCN(CCO)c1ncnc(Nc2ccc(C)cc2)c1N. The van der Waals surface area contributed by atoms with E-state index in [1.807, 2.05) is 43.0 Å². The van der Waals surface area contributed by atoms with E-state index in [4.69, 9.17) is 10.8 Å². The van der Waals surface area contributed by atoms with E-state index in [-0.39, 0.29) is 6.61 Å². The molecule has 21 heavy (non-hydrogen) atoms. The van der Waals surface area contributed by atoms with Crippen LogP contribution in [0.4, 0.5) is 23.0 Å². The Kier molecular flexibility index (Phi) is 4.94. The monoisotopic (exact) mass is 287 g/mol. The first-order valence-corrected chi connectivity index (χ1v) is 6.95. The molecule has 6 heteroatoms. The van der Waals surface area contributed by atoms with Crippen molar-refractivity contribution in [2.24, 2.45) is 0 Å². The first-order valence-electron chi connectivity index (χ1n) is 6.95. The first-order chi connectivity index (χ1) is 10.2. The molecule has 0 amide bonds. The molecule has 0 fully saturated rings. The van der Waals surface area contributed by atoms with Gasteiger partial charge in [0, 0.05) is 18.8 Å². The number of likely N-dealkylation sites (N-methyl/N-ethyl adjacent to an activating group) is 1. The van der Waals surface area contributed by atoms with Gasteiger partial charge in [0.15, 0.2) is 11.6 Å². The summed E-state index contributed by atoms with van der Waals surface area (Å²) in [5.41, 5.74) is 8.75. The Hall–Kier alpha value is -2.34. The summed E-state index contributed by atoms with van der Waals surface area (Å²) >= 11 is 0. The minimum atomic E-state index is 0.0536. The Morgan fingerprint density at radius 1 is 1.24 bits per heavy atom. The molecule has 0 spiro atoms. The summed E-state index contributed by atoms with van der Waals surface area (Å²) in [5.74, 6) is 1.21. The van der Waals surface area contributed by atoms with Crippen LogP contribution in [0.15, 0.2) is 30.6 Å². The smallest absolute Gasteiger partial charge is 0.159 e. The van der Waals surface area contributed by atoms with E-state index in [2.05, 4.69) is 15.3 Å². The average Bonchev–Trinajstić information content (AvgIpc) is 2.49. The van der Waals surface area contributed by atoms with Crippen LogP contribution in [0, 0.1) is 6.92 Å². The highest BCUT2D eigenvalue weighted by Gasteiger charge is 2.13. The zero-order valence-electron chi connectivity index (χ0n) is 12.4. The number of rotatable bonds is 6. The maximum absolute atomic E-state index is 9.11. The largest absolute Gasteiger partial charge is 0.395 e. The lowest BCUT2D eigenvalue weighted by Crippen LogP contribution is -2.28. The number of nitrogen functional groups attached to an aromatic ring is 1. The van der Waals surface area contributed by atoms with Crippen molar-refractivity contribution in [3.05, 3.63) is 36.2 Å². The molecule has 2 aromatic rings. The Labute approximate surface area is 124 Å². The summed E-state index contributed by atoms with van der Waals surface area (Å²) < 4.78 is 0. The van der Waals surface area contributed by atoms with Gasteiger partial charge in [0.25, 0.3) is 0 Å². The molecule has 112 valence electrons. The number of hydrogen-bond donors (Lipinski definition) is 3. The second-order valence-electron chi connectivity index (χ2n) is 4.75. The zero-order valence-corrected chi connectivity index (χ0v) is 12.4. The second kappa shape index (κ2) is 6.90. The third-order valence-corrected chi connectivity index (χ3v) is 3.23. The summed E-state index contributed by atoms with van der Waals surface area (Å²) in [4.78, 5) is 10.3. The fourth-order valence-corrected chi connectivity index (χ4v) is 2.05. The number of benzene rings is 1. The summed E-state index contributed by atoms with van der Waals surface area (Å²) in [5, 5.41) is 12.3. The van der Waals surface area contributed by atoms with E-state index in [1.54, 1.807) is 0 Å². The number of nitrogens with zero attached hydrogens (tertiary/aromatic N) is 3. The third kappa shape index (κ3) is 3.61. The van der Waals surface area contributed by atoms with Gasteiger partial charge in [0.1, 0.15) is 12.0 Å². The molecular weight excluding hydrogens is 266 g/mol. The van der Waals surface area contributed by atoms with Gasteiger partial charge in [-0.2, -0.15) is 0 Å². The first kappa shape index (κ1) is 15.1. The topological polar surface area (TPSA) is 87.3 Å². The summed E-state index contributed by atoms with van der Waals surface area (Å²) in [6.07, 6.45) is 1.47. The van der Waals surface area contributed by atoms with Gasteiger partial charge in [-0.1, -0.05) is 17.7 Å². The van der Waals surface area contributed by atoms with Gasteiger partial charge >= 0.3 is 0 Å². The van der Waals surface area contributed by atoms with E-state index < -0.39 is 0 Å². The molecule has 6 nitrogen and oxygen atoms in total. The summed E-state index contributed by atoms with van der Waals surface area (Å²) in [6.45, 7) is 5.28. The number of aryl methyl sites for hydroxylation is 1. The van der Waals surface area contributed by atoms with Crippen LogP contribution in [0.1, 0.15) is 12.5 Å². The molecule has 0 aliphatic heterocycles. The van der Waals surface area contributed by atoms with Crippen LogP contribution in [0.2, 0.25) is 0 Å². The molecule has 4 N–H and O–H groups in total. The third-order valence-electron chi connectivity index (χ3n) is 3.23. The van der Waals surface area contributed by atoms with E-state index in [0.29, 0.717) is 30.4 Å². The average molecular weight is 287 g/mol. The number of nitrogens with two attached hydrogens (primary N) is 1. The molecule has 0 radical (unpaired) electrons. The van der Waals surface area contributed by atoms with E-state index in [1.165, 1.54) is 11.9 Å². The van der Waals surface area contributed by atoms with Gasteiger partial charge < -0.3 is 21.1 Å². The van der Waals surface area contributed by atoms with Crippen molar-refractivity contribution in [1.29, 1.82) is 0 Å². The Balaban J connectivity index is 2.26. The molecule has 0 aliphatic carbocycles. The predicted octanol–water partition coefficient (Wildman–Crippen LogP) is 1.93. The molecule has 0 saturated heterocycles. The fraction of sp³-hybridized carbons (Fsp3) is 0.333. The number of hydrogen-bond acceptors (Lipinski definition) is 6. The molecule has 0 atom stereocenters. The van der Waals surface area contributed by atoms with Crippen molar-refractivity contribution in [3.63, 3.8) is 0 Å². The van der Waals surface area contributed by atoms with Crippen LogP contribution in [0.3, 0.4) is 0 Å². The maximum atomic E-state index is 9.11. The van der Waals surface area contributed by atoms with Crippen molar-refractivity contribution in [2.75, 3.05) is 35.6 Å². The van der Waals surface area contributed by atoms with Gasteiger partial charge in [0.2, 0.25) is 0 Å². The van der Waals surface area contributed by atoms with Crippen molar-refractivity contribution < 1.29 is 5.11 Å². The van der Waals surface area contributed by atoms with Crippen LogP contribution in [0.5, 0.6) is 0 Å². The van der Waals surface area contributed by atoms with Crippen LogP contribution in [-0.4, -0.2) is 34.8 Å².